The molecule has 0 aromatic rings. The van der Waals surface area contributed by atoms with Crippen LogP contribution in [0.15, 0.2) is 0 Å². The molecule has 3 heteroatoms. The summed E-state index contributed by atoms with van der Waals surface area (Å²) in [5.41, 5.74) is 0.682. The normalized spacial score (nSPS) is 24.9. The molecule has 26 heavy (non-hydrogen) atoms. The Hall–Kier alpha value is -0.570. The Labute approximate surface area is 161 Å². The Morgan fingerprint density at radius 2 is 1.35 bits per heavy atom. The Bertz CT molecular complexity index is 473. The quantitative estimate of drug-likeness (QED) is 0.691. The maximum absolute atomic E-state index is 12.8. The van der Waals surface area contributed by atoms with Crippen LogP contribution in [0.1, 0.15) is 86.0 Å². The van der Waals surface area contributed by atoms with E-state index in [9.17, 15) is 4.79 Å². The molecule has 0 N–H and O–H groups in total. The molecule has 2 heterocycles. The third kappa shape index (κ3) is 5.03. The van der Waals surface area contributed by atoms with E-state index in [1.165, 1.54) is 51.6 Å². The fourth-order valence-electron chi connectivity index (χ4n) is 5.27. The van der Waals surface area contributed by atoms with Crippen molar-refractivity contribution in [2.75, 3.05) is 26.2 Å². The van der Waals surface area contributed by atoms with Gasteiger partial charge in [-0.05, 0) is 80.7 Å². The first-order chi connectivity index (χ1) is 12.2. The number of nitrogens with zero attached hydrogens (tertiary/aromatic N) is 2. The molecule has 3 fully saturated rings. The molecule has 150 valence electrons. The van der Waals surface area contributed by atoms with E-state index in [0.29, 0.717) is 16.7 Å². The summed E-state index contributed by atoms with van der Waals surface area (Å²) in [6, 6.07) is 0.914. The van der Waals surface area contributed by atoms with Crippen LogP contribution in [0.25, 0.3) is 0 Å². The first-order valence-electron chi connectivity index (χ1n) is 11.2. The van der Waals surface area contributed by atoms with Gasteiger partial charge in [-0.1, -0.05) is 34.6 Å². The smallest absolute Gasteiger partial charge is 0.222 e. The number of piperidine rings is 2. The highest BCUT2D eigenvalue weighted by molar-refractivity contribution is 5.76. The lowest BCUT2D eigenvalue weighted by atomic mass is 9.71. The van der Waals surface area contributed by atoms with E-state index in [0.717, 1.165) is 43.8 Å². The molecule has 0 aromatic carbocycles. The van der Waals surface area contributed by atoms with Crippen LogP contribution in [0.2, 0.25) is 0 Å². The van der Waals surface area contributed by atoms with Crippen LogP contribution < -0.4 is 0 Å². The monoisotopic (exact) mass is 362 g/mol. The molecular formula is C23H42N2O. The van der Waals surface area contributed by atoms with E-state index >= 15 is 0 Å². The minimum atomic E-state index is 0.301. The lowest BCUT2D eigenvalue weighted by Crippen LogP contribution is -2.42. The van der Waals surface area contributed by atoms with E-state index in [2.05, 4.69) is 44.4 Å². The van der Waals surface area contributed by atoms with Crippen molar-refractivity contribution in [3.05, 3.63) is 0 Å². The Morgan fingerprint density at radius 1 is 0.808 bits per heavy atom. The van der Waals surface area contributed by atoms with Crippen LogP contribution in [0.5, 0.6) is 0 Å². The molecule has 0 radical (unpaired) electrons. The molecule has 3 rings (SSSR count). The predicted molar refractivity (Wildman–Crippen MR) is 109 cm³/mol. The summed E-state index contributed by atoms with van der Waals surface area (Å²) in [7, 11) is 0. The molecule has 0 unspecified atom stereocenters. The highest BCUT2D eigenvalue weighted by Crippen LogP contribution is 2.41. The number of hydrogen-bond donors (Lipinski definition) is 0. The second-order valence-corrected chi connectivity index (χ2v) is 11.1. The summed E-state index contributed by atoms with van der Waals surface area (Å²) in [6.45, 7) is 16.3. The van der Waals surface area contributed by atoms with E-state index in [4.69, 9.17) is 0 Å². The van der Waals surface area contributed by atoms with Gasteiger partial charge in [0.15, 0.2) is 0 Å². The molecule has 1 saturated carbocycles. The fraction of sp³-hybridized carbons (Fsp3) is 0.957. The first kappa shape index (κ1) is 20.2. The van der Waals surface area contributed by atoms with Crippen molar-refractivity contribution in [3.63, 3.8) is 0 Å². The van der Waals surface area contributed by atoms with Crippen molar-refractivity contribution in [1.82, 2.24) is 9.80 Å². The van der Waals surface area contributed by atoms with Gasteiger partial charge in [0.25, 0.3) is 0 Å². The van der Waals surface area contributed by atoms with Gasteiger partial charge in [-0.2, -0.15) is 0 Å². The average molecular weight is 363 g/mol. The summed E-state index contributed by atoms with van der Waals surface area (Å²) in [4.78, 5) is 17.6. The van der Waals surface area contributed by atoms with Crippen molar-refractivity contribution in [2.24, 2.45) is 22.7 Å². The zero-order valence-electron chi connectivity index (χ0n) is 18.0. The van der Waals surface area contributed by atoms with Crippen molar-refractivity contribution >= 4 is 5.91 Å². The predicted octanol–water partition coefficient (Wildman–Crippen LogP) is 4.95. The molecule has 1 aliphatic carbocycles. The molecule has 3 aliphatic rings. The molecule has 2 saturated heterocycles. The van der Waals surface area contributed by atoms with Gasteiger partial charge in [-0.15, -0.1) is 0 Å². The number of hydrogen-bond acceptors (Lipinski definition) is 2. The van der Waals surface area contributed by atoms with Gasteiger partial charge in [0.1, 0.15) is 0 Å². The van der Waals surface area contributed by atoms with Crippen molar-refractivity contribution in [3.8, 4) is 0 Å². The van der Waals surface area contributed by atoms with Gasteiger partial charge in [0.2, 0.25) is 5.91 Å². The lowest BCUT2D eigenvalue weighted by molar-refractivity contribution is -0.134. The van der Waals surface area contributed by atoms with Gasteiger partial charge < -0.3 is 9.80 Å². The van der Waals surface area contributed by atoms with Gasteiger partial charge in [0, 0.05) is 25.6 Å². The molecule has 0 bridgehead atoms. The minimum absolute atomic E-state index is 0.301. The topological polar surface area (TPSA) is 23.6 Å². The minimum Gasteiger partial charge on any atom is -0.343 e. The Kier molecular flexibility index (Phi) is 6.06. The highest BCUT2D eigenvalue weighted by atomic mass is 16.2. The van der Waals surface area contributed by atoms with Crippen LogP contribution in [0.4, 0.5) is 0 Å². The lowest BCUT2D eigenvalue weighted by Gasteiger charge is -2.42. The zero-order chi connectivity index (χ0) is 18.9. The number of amides is 1. The molecule has 0 aromatic heterocycles. The van der Waals surface area contributed by atoms with Gasteiger partial charge >= 0.3 is 0 Å². The third-order valence-corrected chi connectivity index (χ3v) is 7.75. The molecule has 3 nitrogen and oxygen atoms in total. The molecule has 0 atom stereocenters. The summed E-state index contributed by atoms with van der Waals surface area (Å²) in [5.74, 6) is 1.96. The summed E-state index contributed by atoms with van der Waals surface area (Å²) < 4.78 is 0. The van der Waals surface area contributed by atoms with Crippen LogP contribution in [0, 0.1) is 22.7 Å². The highest BCUT2D eigenvalue weighted by Gasteiger charge is 2.37. The number of rotatable bonds is 5. The Morgan fingerprint density at radius 3 is 1.85 bits per heavy atom. The third-order valence-electron chi connectivity index (χ3n) is 7.75. The molecule has 2 aliphatic heterocycles. The van der Waals surface area contributed by atoms with Gasteiger partial charge in [-0.3, -0.25) is 4.79 Å². The molecular weight excluding hydrogens is 320 g/mol. The standard InChI is InChI=1S/C23H42N2O/c1-22(2,3)18-9-16-25(17-10-18)21(26)8-13-23(4,5)19-11-14-24(15-12-19)20-6-7-20/h18-20H,6-17H2,1-5H3. The van der Waals surface area contributed by atoms with E-state index in [1.54, 1.807) is 0 Å². The van der Waals surface area contributed by atoms with Crippen molar-refractivity contribution in [2.45, 2.75) is 92.0 Å². The maximum Gasteiger partial charge on any atom is 0.222 e. The van der Waals surface area contributed by atoms with E-state index in [1.807, 2.05) is 0 Å². The van der Waals surface area contributed by atoms with Crippen LogP contribution in [0.3, 0.4) is 0 Å². The van der Waals surface area contributed by atoms with E-state index in [-0.39, 0.29) is 0 Å². The number of likely N-dealkylation sites (tertiary alicyclic amines) is 2. The first-order valence-corrected chi connectivity index (χ1v) is 11.2. The van der Waals surface area contributed by atoms with E-state index < -0.39 is 0 Å². The molecule has 0 spiro atoms. The van der Waals surface area contributed by atoms with Crippen LogP contribution in [-0.4, -0.2) is 47.9 Å². The average Bonchev–Trinajstić information content (AvgIpc) is 3.44. The SMILES string of the molecule is CC(C)(C)C1CCN(C(=O)CCC(C)(C)C2CCN(C3CC3)CC2)CC1. The summed E-state index contributed by atoms with van der Waals surface area (Å²) >= 11 is 0. The van der Waals surface area contributed by atoms with Crippen molar-refractivity contribution < 1.29 is 4.79 Å². The maximum atomic E-state index is 12.8. The largest absolute Gasteiger partial charge is 0.343 e. The zero-order valence-corrected chi connectivity index (χ0v) is 18.0. The summed E-state index contributed by atoms with van der Waals surface area (Å²) in [6.07, 6.45) is 9.66. The molecule has 1 amide bonds. The number of carbonyl (C=O) groups is 1. The second-order valence-electron chi connectivity index (χ2n) is 11.1. The van der Waals surface area contributed by atoms with Gasteiger partial charge in [-0.25, -0.2) is 0 Å². The Balaban J connectivity index is 1.40. The van der Waals surface area contributed by atoms with Crippen LogP contribution in [-0.2, 0) is 4.79 Å². The number of carbonyl (C=O) groups excluding carboxylic acids is 1. The second kappa shape index (κ2) is 7.81. The fourth-order valence-corrected chi connectivity index (χ4v) is 5.27. The van der Waals surface area contributed by atoms with Crippen molar-refractivity contribution in [1.29, 1.82) is 0 Å². The van der Waals surface area contributed by atoms with Gasteiger partial charge in [0.05, 0.1) is 0 Å². The summed E-state index contributed by atoms with van der Waals surface area (Å²) in [5, 5.41) is 0. The van der Waals surface area contributed by atoms with Crippen LogP contribution >= 0.6 is 0 Å².